The van der Waals surface area contributed by atoms with Crippen molar-refractivity contribution in [1.82, 2.24) is 4.98 Å². The minimum absolute atomic E-state index is 0.0221. The maximum atomic E-state index is 9.68. The zero-order valence-corrected chi connectivity index (χ0v) is 11.9. The average Bonchev–Trinajstić information content (AvgIpc) is 2.60. The second-order valence-electron chi connectivity index (χ2n) is 4.96. The fraction of sp³-hybridized carbons (Fsp3) is 0.111. The van der Waals surface area contributed by atoms with Crippen LogP contribution in [0, 0.1) is 11.3 Å². The lowest BCUT2D eigenvalue weighted by Crippen LogP contribution is -2.15. The van der Waals surface area contributed by atoms with Crippen molar-refractivity contribution in [2.75, 3.05) is 11.9 Å². The number of aliphatic hydroxyl groups excluding tert-OH is 1. The predicted octanol–water partition coefficient (Wildman–Crippen LogP) is 3.25. The van der Waals surface area contributed by atoms with Crippen LogP contribution in [0.1, 0.15) is 17.2 Å². The van der Waals surface area contributed by atoms with Gasteiger partial charge in [-0.1, -0.05) is 42.5 Å². The Morgan fingerprint density at radius 2 is 1.91 bits per heavy atom. The van der Waals surface area contributed by atoms with Gasteiger partial charge in [0.15, 0.2) is 0 Å². The van der Waals surface area contributed by atoms with Crippen molar-refractivity contribution in [2.24, 2.45) is 0 Å². The summed E-state index contributed by atoms with van der Waals surface area (Å²) in [5.41, 5.74) is 3.07. The molecule has 3 rings (SSSR count). The van der Waals surface area contributed by atoms with Crippen LogP contribution in [-0.2, 0) is 0 Å². The molecule has 0 aliphatic rings. The number of benzene rings is 2. The van der Waals surface area contributed by atoms with Gasteiger partial charge < -0.3 is 10.4 Å². The highest BCUT2D eigenvalue weighted by Crippen LogP contribution is 2.27. The third-order valence-electron chi connectivity index (χ3n) is 3.61. The first kappa shape index (κ1) is 14.1. The second-order valence-corrected chi connectivity index (χ2v) is 4.96. The molecule has 4 nitrogen and oxygen atoms in total. The largest absolute Gasteiger partial charge is 0.394 e. The summed E-state index contributed by atoms with van der Waals surface area (Å²) in [6.07, 6.45) is 1.67. The molecular weight excluding hydrogens is 274 g/mol. The van der Waals surface area contributed by atoms with E-state index >= 15 is 0 Å². The van der Waals surface area contributed by atoms with Gasteiger partial charge in [0.2, 0.25) is 0 Å². The number of aliphatic hydroxyl groups is 1. The summed E-state index contributed by atoms with van der Waals surface area (Å²) < 4.78 is 0. The molecule has 4 heteroatoms. The first-order valence-corrected chi connectivity index (χ1v) is 7.03. The van der Waals surface area contributed by atoms with Gasteiger partial charge in [-0.3, -0.25) is 4.98 Å². The maximum absolute atomic E-state index is 9.68. The second kappa shape index (κ2) is 6.25. The lowest BCUT2D eigenvalue weighted by molar-refractivity contribution is 0.276. The van der Waals surface area contributed by atoms with Crippen LogP contribution in [0.2, 0.25) is 0 Å². The molecule has 0 saturated carbocycles. The number of hydrogen-bond donors (Lipinski definition) is 2. The van der Waals surface area contributed by atoms with Gasteiger partial charge in [0.1, 0.15) is 6.07 Å². The molecule has 3 aromatic rings. The number of rotatable bonds is 4. The molecule has 0 spiro atoms. The molecule has 2 aromatic carbocycles. The lowest BCUT2D eigenvalue weighted by Gasteiger charge is -2.19. The molecule has 22 heavy (non-hydrogen) atoms. The number of anilines is 1. The van der Waals surface area contributed by atoms with Crippen molar-refractivity contribution in [1.29, 1.82) is 5.26 Å². The van der Waals surface area contributed by atoms with Gasteiger partial charge in [-0.15, -0.1) is 0 Å². The zero-order chi connectivity index (χ0) is 15.4. The molecule has 0 saturated heterocycles. The van der Waals surface area contributed by atoms with Crippen molar-refractivity contribution >= 4 is 16.6 Å². The average molecular weight is 289 g/mol. The van der Waals surface area contributed by atoms with Crippen LogP contribution >= 0.6 is 0 Å². The molecule has 1 aromatic heterocycles. The molecule has 0 fully saturated rings. The van der Waals surface area contributed by atoms with Crippen molar-refractivity contribution in [3.05, 3.63) is 71.9 Å². The van der Waals surface area contributed by atoms with E-state index in [9.17, 15) is 10.4 Å². The number of aromatic nitrogens is 1. The van der Waals surface area contributed by atoms with Crippen molar-refractivity contribution in [3.8, 4) is 6.07 Å². The molecule has 0 bridgehead atoms. The van der Waals surface area contributed by atoms with E-state index in [-0.39, 0.29) is 12.6 Å². The number of fused-ring (bicyclic) bond motifs is 1. The first-order valence-electron chi connectivity index (χ1n) is 7.03. The van der Waals surface area contributed by atoms with Gasteiger partial charge in [0.05, 0.1) is 23.7 Å². The smallest absolute Gasteiger partial charge is 0.101 e. The Bertz CT molecular complexity index is 825. The van der Waals surface area contributed by atoms with E-state index in [1.165, 1.54) is 0 Å². The number of para-hydroxylation sites is 1. The molecule has 0 aliphatic carbocycles. The quantitative estimate of drug-likeness (QED) is 0.773. The standard InChI is InChI=1S/C18H15N3O/c19-11-14-7-4-8-15-16(9-10-20-18(14)15)21-17(12-22)13-5-2-1-3-6-13/h1-10,17,22H,12H2,(H,20,21). The summed E-state index contributed by atoms with van der Waals surface area (Å²) in [5, 5.41) is 23.1. The number of nitrogens with one attached hydrogen (secondary N) is 1. The Morgan fingerprint density at radius 3 is 2.64 bits per heavy atom. The Labute approximate surface area is 128 Å². The minimum Gasteiger partial charge on any atom is -0.394 e. The monoisotopic (exact) mass is 289 g/mol. The number of hydrogen-bond acceptors (Lipinski definition) is 4. The number of nitriles is 1. The van der Waals surface area contributed by atoms with Crippen molar-refractivity contribution < 1.29 is 5.11 Å². The SMILES string of the molecule is N#Cc1cccc2c(NC(CO)c3ccccc3)ccnc12. The van der Waals surface area contributed by atoms with E-state index in [0.717, 1.165) is 16.6 Å². The summed E-state index contributed by atoms with van der Waals surface area (Å²) >= 11 is 0. The molecule has 0 aliphatic heterocycles. The zero-order valence-electron chi connectivity index (χ0n) is 11.9. The molecule has 1 atom stereocenters. The molecular formula is C18H15N3O. The lowest BCUT2D eigenvalue weighted by atomic mass is 10.1. The van der Waals surface area contributed by atoms with Gasteiger partial charge >= 0.3 is 0 Å². The van der Waals surface area contributed by atoms with Gasteiger partial charge in [0, 0.05) is 17.3 Å². The third kappa shape index (κ3) is 2.62. The van der Waals surface area contributed by atoms with Gasteiger partial charge in [-0.25, -0.2) is 0 Å². The topological polar surface area (TPSA) is 68.9 Å². The molecule has 1 heterocycles. The first-order chi connectivity index (χ1) is 10.8. The highest BCUT2D eigenvalue weighted by Gasteiger charge is 2.12. The fourth-order valence-corrected chi connectivity index (χ4v) is 2.50. The molecule has 1 unspecified atom stereocenters. The van der Waals surface area contributed by atoms with Crippen LogP contribution in [0.25, 0.3) is 10.9 Å². The summed E-state index contributed by atoms with van der Waals surface area (Å²) in [6.45, 7) is -0.0221. The van der Waals surface area contributed by atoms with E-state index in [2.05, 4.69) is 16.4 Å². The van der Waals surface area contributed by atoms with Crippen molar-refractivity contribution in [3.63, 3.8) is 0 Å². The van der Waals surface area contributed by atoms with Crippen LogP contribution in [0.3, 0.4) is 0 Å². The van der Waals surface area contributed by atoms with Gasteiger partial charge in [-0.2, -0.15) is 5.26 Å². The molecule has 0 radical (unpaired) electrons. The Hall–Kier alpha value is -2.90. The highest BCUT2D eigenvalue weighted by atomic mass is 16.3. The van der Waals surface area contributed by atoms with Crippen LogP contribution in [-0.4, -0.2) is 16.7 Å². The van der Waals surface area contributed by atoms with Gasteiger partial charge in [-0.05, 0) is 17.7 Å². The molecule has 108 valence electrons. The minimum atomic E-state index is -0.211. The van der Waals surface area contributed by atoms with E-state index < -0.39 is 0 Å². The Morgan fingerprint density at radius 1 is 1.09 bits per heavy atom. The molecule has 0 amide bonds. The third-order valence-corrected chi connectivity index (χ3v) is 3.61. The summed E-state index contributed by atoms with van der Waals surface area (Å²) in [7, 11) is 0. The molecule has 2 N–H and O–H groups in total. The van der Waals surface area contributed by atoms with E-state index in [0.29, 0.717) is 11.1 Å². The van der Waals surface area contributed by atoms with Gasteiger partial charge in [0.25, 0.3) is 0 Å². The number of nitrogens with zero attached hydrogens (tertiary/aromatic N) is 2. The summed E-state index contributed by atoms with van der Waals surface area (Å²) in [5.74, 6) is 0. The Balaban J connectivity index is 2.02. The van der Waals surface area contributed by atoms with E-state index in [1.54, 1.807) is 12.3 Å². The summed E-state index contributed by atoms with van der Waals surface area (Å²) in [6, 6.07) is 19.1. The van der Waals surface area contributed by atoms with E-state index in [4.69, 9.17) is 0 Å². The summed E-state index contributed by atoms with van der Waals surface area (Å²) in [4.78, 5) is 4.29. The predicted molar refractivity (Wildman–Crippen MR) is 86.3 cm³/mol. The normalized spacial score (nSPS) is 11.8. The van der Waals surface area contributed by atoms with Crippen LogP contribution in [0.5, 0.6) is 0 Å². The maximum Gasteiger partial charge on any atom is 0.101 e. The number of pyridine rings is 1. The van der Waals surface area contributed by atoms with Crippen LogP contribution in [0.4, 0.5) is 5.69 Å². The van der Waals surface area contributed by atoms with E-state index in [1.807, 2.05) is 48.5 Å². The van der Waals surface area contributed by atoms with Crippen LogP contribution in [0.15, 0.2) is 60.8 Å². The van der Waals surface area contributed by atoms with Crippen LogP contribution < -0.4 is 5.32 Å². The Kier molecular flexibility index (Phi) is 3.99. The van der Waals surface area contributed by atoms with Crippen molar-refractivity contribution in [2.45, 2.75) is 6.04 Å². The fourth-order valence-electron chi connectivity index (χ4n) is 2.50. The highest BCUT2D eigenvalue weighted by molar-refractivity contribution is 5.94.